The molecule has 1 saturated carbocycles. The molecule has 0 radical (unpaired) electrons. The van der Waals surface area contributed by atoms with Crippen molar-refractivity contribution in [3.05, 3.63) is 23.4 Å². The van der Waals surface area contributed by atoms with E-state index in [1.165, 1.54) is 25.7 Å². The predicted molar refractivity (Wildman–Crippen MR) is 75.2 cm³/mol. The van der Waals surface area contributed by atoms with Crippen LogP contribution in [0.4, 0.5) is 0 Å². The molecule has 1 aliphatic carbocycles. The summed E-state index contributed by atoms with van der Waals surface area (Å²) in [4.78, 5) is 4.50. The molecule has 1 heterocycles. The molecule has 1 aromatic rings. The minimum absolute atomic E-state index is 0.345. The Kier molecular flexibility index (Phi) is 4.87. The third-order valence-corrected chi connectivity index (χ3v) is 4.24. The number of aromatic nitrogens is 1. The summed E-state index contributed by atoms with van der Waals surface area (Å²) >= 11 is 5.84. The summed E-state index contributed by atoms with van der Waals surface area (Å²) in [6, 6.07) is 3.97. The van der Waals surface area contributed by atoms with Crippen molar-refractivity contribution in [2.24, 2.45) is 5.92 Å². The fourth-order valence-electron chi connectivity index (χ4n) is 2.72. The van der Waals surface area contributed by atoms with Crippen molar-refractivity contribution in [2.45, 2.75) is 57.9 Å². The first-order valence-corrected chi connectivity index (χ1v) is 7.47. The van der Waals surface area contributed by atoms with Gasteiger partial charge < -0.3 is 4.74 Å². The summed E-state index contributed by atoms with van der Waals surface area (Å²) in [5.41, 5.74) is 2.06. The Balaban J connectivity index is 2.05. The fraction of sp³-hybridized carbons (Fsp3) is 0.667. The van der Waals surface area contributed by atoms with E-state index in [0.29, 0.717) is 17.9 Å². The maximum Gasteiger partial charge on any atom is 0.213 e. The molecule has 0 aliphatic heterocycles. The van der Waals surface area contributed by atoms with Crippen molar-refractivity contribution in [1.29, 1.82) is 0 Å². The van der Waals surface area contributed by atoms with E-state index in [4.69, 9.17) is 16.3 Å². The van der Waals surface area contributed by atoms with Gasteiger partial charge in [-0.2, -0.15) is 0 Å². The number of nitrogens with zero attached hydrogens (tertiary/aromatic N) is 1. The topological polar surface area (TPSA) is 22.1 Å². The molecule has 1 aliphatic rings. The first kappa shape index (κ1) is 13.7. The minimum Gasteiger partial charge on any atom is -0.474 e. The zero-order chi connectivity index (χ0) is 13.0. The number of hydrogen-bond acceptors (Lipinski definition) is 2. The Morgan fingerprint density at radius 1 is 1.33 bits per heavy atom. The van der Waals surface area contributed by atoms with Gasteiger partial charge in [0.05, 0.1) is 0 Å². The van der Waals surface area contributed by atoms with Crippen LogP contribution in [0.25, 0.3) is 0 Å². The van der Waals surface area contributed by atoms with E-state index in [0.717, 1.165) is 23.6 Å². The molecule has 18 heavy (non-hydrogen) atoms. The van der Waals surface area contributed by atoms with Gasteiger partial charge in [0, 0.05) is 17.6 Å². The normalized spacial score (nSPS) is 23.9. The molecule has 0 spiro atoms. The first-order chi connectivity index (χ1) is 8.74. The van der Waals surface area contributed by atoms with E-state index in [1.54, 1.807) is 0 Å². The van der Waals surface area contributed by atoms with Crippen LogP contribution in [-0.4, -0.2) is 11.1 Å². The molecule has 0 N–H and O–H groups in total. The Hall–Kier alpha value is -0.760. The molecule has 0 bridgehead atoms. The summed E-state index contributed by atoms with van der Waals surface area (Å²) < 4.78 is 6.08. The number of halogens is 1. The molecule has 100 valence electrons. The maximum atomic E-state index is 6.08. The Morgan fingerprint density at radius 2 is 2.11 bits per heavy atom. The van der Waals surface area contributed by atoms with Crippen LogP contribution in [0.1, 0.15) is 50.3 Å². The summed E-state index contributed by atoms with van der Waals surface area (Å²) in [6.07, 6.45) is 6.62. The van der Waals surface area contributed by atoms with Gasteiger partial charge in [0.1, 0.15) is 6.10 Å². The van der Waals surface area contributed by atoms with Gasteiger partial charge in [-0.3, -0.25) is 0 Å². The zero-order valence-electron chi connectivity index (χ0n) is 11.3. The molecule has 0 aromatic carbocycles. The van der Waals surface area contributed by atoms with Crippen LogP contribution in [-0.2, 0) is 5.88 Å². The van der Waals surface area contributed by atoms with E-state index < -0.39 is 0 Å². The summed E-state index contributed by atoms with van der Waals surface area (Å²) in [5.74, 6) is 1.96. The van der Waals surface area contributed by atoms with Crippen LogP contribution in [0.5, 0.6) is 5.88 Å². The lowest BCUT2D eigenvalue weighted by Crippen LogP contribution is -2.30. The van der Waals surface area contributed by atoms with Gasteiger partial charge in [0.2, 0.25) is 5.88 Å². The number of ether oxygens (including phenoxy) is 1. The molecular formula is C15H22ClNO. The highest BCUT2D eigenvalue weighted by atomic mass is 35.5. The van der Waals surface area contributed by atoms with E-state index in [2.05, 4.69) is 11.9 Å². The van der Waals surface area contributed by atoms with Gasteiger partial charge in [0.25, 0.3) is 0 Å². The largest absolute Gasteiger partial charge is 0.474 e. The van der Waals surface area contributed by atoms with Crippen LogP contribution >= 0.6 is 11.6 Å². The highest BCUT2D eigenvalue weighted by molar-refractivity contribution is 6.17. The second-order valence-electron chi connectivity index (χ2n) is 5.14. The molecule has 2 nitrogen and oxygen atoms in total. The highest BCUT2D eigenvalue weighted by Crippen LogP contribution is 2.30. The standard InChI is InChI=1S/C15H22ClNO/c1-3-12-6-4-5-7-14(12)18-15-9-8-13(10-16)11(2)17-15/h8-9,12,14H,3-7,10H2,1-2H3. The van der Waals surface area contributed by atoms with Gasteiger partial charge in [-0.1, -0.05) is 19.4 Å². The van der Waals surface area contributed by atoms with Gasteiger partial charge in [-0.15, -0.1) is 11.6 Å². The average molecular weight is 268 g/mol. The number of alkyl halides is 1. The Morgan fingerprint density at radius 3 is 2.78 bits per heavy atom. The van der Waals surface area contributed by atoms with Gasteiger partial charge in [-0.05, 0) is 44.1 Å². The summed E-state index contributed by atoms with van der Waals surface area (Å²) in [7, 11) is 0. The lowest BCUT2D eigenvalue weighted by Gasteiger charge is -2.30. The zero-order valence-corrected chi connectivity index (χ0v) is 12.0. The number of rotatable bonds is 4. The van der Waals surface area contributed by atoms with Gasteiger partial charge in [-0.25, -0.2) is 4.98 Å². The van der Waals surface area contributed by atoms with Crippen LogP contribution in [0, 0.1) is 12.8 Å². The second kappa shape index (κ2) is 6.42. The van der Waals surface area contributed by atoms with Crippen LogP contribution in [0.3, 0.4) is 0 Å². The SMILES string of the molecule is CCC1CCCCC1Oc1ccc(CCl)c(C)n1. The Bertz CT molecular complexity index is 394. The molecule has 0 saturated heterocycles. The number of hydrogen-bond donors (Lipinski definition) is 0. The maximum absolute atomic E-state index is 6.08. The first-order valence-electron chi connectivity index (χ1n) is 6.93. The third-order valence-electron chi connectivity index (χ3n) is 3.95. The van der Waals surface area contributed by atoms with Crippen molar-refractivity contribution >= 4 is 11.6 Å². The monoisotopic (exact) mass is 267 g/mol. The highest BCUT2D eigenvalue weighted by Gasteiger charge is 2.25. The lowest BCUT2D eigenvalue weighted by molar-refractivity contribution is 0.0857. The van der Waals surface area contributed by atoms with Crippen molar-refractivity contribution in [1.82, 2.24) is 4.98 Å². The molecule has 2 rings (SSSR count). The smallest absolute Gasteiger partial charge is 0.213 e. The third kappa shape index (κ3) is 3.17. The van der Waals surface area contributed by atoms with Crippen molar-refractivity contribution in [3.8, 4) is 5.88 Å². The minimum atomic E-state index is 0.345. The quantitative estimate of drug-likeness (QED) is 0.751. The van der Waals surface area contributed by atoms with E-state index in [-0.39, 0.29) is 0 Å². The van der Waals surface area contributed by atoms with E-state index in [9.17, 15) is 0 Å². The van der Waals surface area contributed by atoms with Crippen LogP contribution in [0.15, 0.2) is 12.1 Å². The Labute approximate surface area is 115 Å². The van der Waals surface area contributed by atoms with Crippen LogP contribution < -0.4 is 4.74 Å². The average Bonchev–Trinajstić information content (AvgIpc) is 2.39. The molecular weight excluding hydrogens is 246 g/mol. The molecule has 1 aromatic heterocycles. The van der Waals surface area contributed by atoms with E-state index >= 15 is 0 Å². The molecule has 2 unspecified atom stereocenters. The lowest BCUT2D eigenvalue weighted by atomic mass is 9.85. The molecule has 2 atom stereocenters. The number of pyridine rings is 1. The van der Waals surface area contributed by atoms with Gasteiger partial charge in [0.15, 0.2) is 0 Å². The summed E-state index contributed by atoms with van der Waals surface area (Å²) in [6.45, 7) is 4.24. The van der Waals surface area contributed by atoms with Crippen molar-refractivity contribution < 1.29 is 4.74 Å². The van der Waals surface area contributed by atoms with Crippen molar-refractivity contribution in [3.63, 3.8) is 0 Å². The summed E-state index contributed by atoms with van der Waals surface area (Å²) in [5, 5.41) is 0. The van der Waals surface area contributed by atoms with Gasteiger partial charge >= 0.3 is 0 Å². The fourth-order valence-corrected chi connectivity index (χ4v) is 3.01. The second-order valence-corrected chi connectivity index (χ2v) is 5.40. The van der Waals surface area contributed by atoms with Crippen LogP contribution in [0.2, 0.25) is 0 Å². The van der Waals surface area contributed by atoms with E-state index in [1.807, 2.05) is 19.1 Å². The van der Waals surface area contributed by atoms with Crippen molar-refractivity contribution in [2.75, 3.05) is 0 Å². The predicted octanol–water partition coefficient (Wildman–Crippen LogP) is 4.48. The number of aryl methyl sites for hydroxylation is 1. The molecule has 1 fully saturated rings. The molecule has 0 amide bonds. The molecule has 3 heteroatoms.